The van der Waals surface area contributed by atoms with Gasteiger partial charge >= 0.3 is 0 Å². The SMILES string of the molecule is C[C@H](O)[C@@H]1C[C@H]1c1ccc2c(c1)CCO2. The van der Waals surface area contributed by atoms with E-state index in [1.165, 1.54) is 11.1 Å². The minimum atomic E-state index is -0.167. The predicted octanol–water partition coefficient (Wildman–Crippen LogP) is 2.11. The molecule has 3 atom stereocenters. The molecule has 1 aliphatic carbocycles. The summed E-state index contributed by atoms with van der Waals surface area (Å²) >= 11 is 0. The largest absolute Gasteiger partial charge is 0.493 e. The molecule has 15 heavy (non-hydrogen) atoms. The minimum absolute atomic E-state index is 0.167. The summed E-state index contributed by atoms with van der Waals surface area (Å²) in [5.41, 5.74) is 2.72. The van der Waals surface area contributed by atoms with Gasteiger partial charge in [0.2, 0.25) is 0 Å². The molecule has 80 valence electrons. The standard InChI is InChI=1S/C13H16O2/c1-8(14)11-7-12(11)9-2-3-13-10(6-9)4-5-15-13/h2-3,6,8,11-12,14H,4-5,7H2,1H3/t8-,11-,12-/m0/s1. The molecule has 1 heterocycles. The lowest BCUT2D eigenvalue weighted by Gasteiger charge is -2.05. The summed E-state index contributed by atoms with van der Waals surface area (Å²) in [7, 11) is 0. The molecule has 0 saturated heterocycles. The van der Waals surface area contributed by atoms with Crippen LogP contribution < -0.4 is 4.74 Å². The number of aliphatic hydroxyl groups excluding tert-OH is 1. The quantitative estimate of drug-likeness (QED) is 0.799. The topological polar surface area (TPSA) is 29.5 Å². The van der Waals surface area contributed by atoms with Crippen molar-refractivity contribution in [2.24, 2.45) is 5.92 Å². The van der Waals surface area contributed by atoms with Crippen LogP contribution in [0.25, 0.3) is 0 Å². The van der Waals surface area contributed by atoms with E-state index < -0.39 is 0 Å². The van der Waals surface area contributed by atoms with E-state index in [1.807, 2.05) is 6.92 Å². The van der Waals surface area contributed by atoms with Crippen LogP contribution in [0, 0.1) is 5.92 Å². The summed E-state index contributed by atoms with van der Waals surface area (Å²) in [5.74, 6) is 2.11. The summed E-state index contributed by atoms with van der Waals surface area (Å²) in [5, 5.41) is 9.49. The van der Waals surface area contributed by atoms with Crippen molar-refractivity contribution < 1.29 is 9.84 Å². The molecular formula is C13H16O2. The predicted molar refractivity (Wildman–Crippen MR) is 58.2 cm³/mol. The Morgan fingerprint density at radius 3 is 3.07 bits per heavy atom. The monoisotopic (exact) mass is 204 g/mol. The maximum Gasteiger partial charge on any atom is 0.122 e. The van der Waals surface area contributed by atoms with Gasteiger partial charge in [-0.2, -0.15) is 0 Å². The maximum atomic E-state index is 9.49. The zero-order valence-electron chi connectivity index (χ0n) is 8.94. The Kier molecular flexibility index (Phi) is 1.99. The van der Waals surface area contributed by atoms with Gasteiger partial charge < -0.3 is 9.84 Å². The summed E-state index contributed by atoms with van der Waals surface area (Å²) in [4.78, 5) is 0. The highest BCUT2D eigenvalue weighted by atomic mass is 16.5. The first-order chi connectivity index (χ1) is 7.25. The van der Waals surface area contributed by atoms with Crippen molar-refractivity contribution in [2.75, 3.05) is 6.61 Å². The number of benzene rings is 1. The van der Waals surface area contributed by atoms with Gasteiger partial charge in [-0.05, 0) is 42.4 Å². The van der Waals surface area contributed by atoms with Crippen LogP contribution in [0.1, 0.15) is 30.4 Å². The molecule has 1 aliphatic heterocycles. The third kappa shape index (κ3) is 1.53. The van der Waals surface area contributed by atoms with Crippen LogP contribution in [0.5, 0.6) is 5.75 Å². The molecule has 1 N–H and O–H groups in total. The van der Waals surface area contributed by atoms with E-state index in [2.05, 4.69) is 18.2 Å². The van der Waals surface area contributed by atoms with E-state index in [0.717, 1.165) is 25.2 Å². The number of aliphatic hydroxyl groups is 1. The lowest BCUT2D eigenvalue weighted by Crippen LogP contribution is -2.03. The van der Waals surface area contributed by atoms with Crippen LogP contribution in [0.4, 0.5) is 0 Å². The lowest BCUT2D eigenvalue weighted by atomic mass is 10.0. The van der Waals surface area contributed by atoms with Crippen LogP contribution in [0.3, 0.4) is 0 Å². The first-order valence-electron chi connectivity index (χ1n) is 5.69. The van der Waals surface area contributed by atoms with Gasteiger partial charge in [0.15, 0.2) is 0 Å². The molecule has 0 radical (unpaired) electrons. The van der Waals surface area contributed by atoms with Crippen LogP contribution in [0.15, 0.2) is 18.2 Å². The van der Waals surface area contributed by atoms with Crippen molar-refractivity contribution in [3.8, 4) is 5.75 Å². The number of fused-ring (bicyclic) bond motifs is 1. The molecule has 0 amide bonds. The lowest BCUT2D eigenvalue weighted by molar-refractivity contribution is 0.169. The molecule has 1 fully saturated rings. The fourth-order valence-corrected chi connectivity index (χ4v) is 2.57. The van der Waals surface area contributed by atoms with Crippen molar-refractivity contribution in [3.05, 3.63) is 29.3 Å². The Morgan fingerprint density at radius 2 is 2.33 bits per heavy atom. The van der Waals surface area contributed by atoms with E-state index in [-0.39, 0.29) is 6.10 Å². The molecule has 1 saturated carbocycles. The fourth-order valence-electron chi connectivity index (χ4n) is 2.57. The van der Waals surface area contributed by atoms with E-state index in [9.17, 15) is 5.11 Å². The zero-order chi connectivity index (χ0) is 10.4. The van der Waals surface area contributed by atoms with Gasteiger partial charge in [0.1, 0.15) is 5.75 Å². The minimum Gasteiger partial charge on any atom is -0.493 e. The Labute approximate surface area is 89.9 Å². The van der Waals surface area contributed by atoms with Crippen LogP contribution in [0.2, 0.25) is 0 Å². The van der Waals surface area contributed by atoms with Crippen molar-refractivity contribution in [1.29, 1.82) is 0 Å². The highest BCUT2D eigenvalue weighted by Gasteiger charge is 2.41. The second-order valence-electron chi connectivity index (χ2n) is 4.71. The van der Waals surface area contributed by atoms with Gasteiger partial charge in [-0.25, -0.2) is 0 Å². The van der Waals surface area contributed by atoms with Crippen molar-refractivity contribution in [3.63, 3.8) is 0 Å². The molecule has 2 heteroatoms. The van der Waals surface area contributed by atoms with Gasteiger partial charge in [-0.3, -0.25) is 0 Å². The molecule has 0 unspecified atom stereocenters. The number of ether oxygens (including phenoxy) is 1. The van der Waals surface area contributed by atoms with Gasteiger partial charge in [-0.1, -0.05) is 12.1 Å². The van der Waals surface area contributed by atoms with Crippen molar-refractivity contribution >= 4 is 0 Å². The van der Waals surface area contributed by atoms with Crippen LogP contribution in [-0.2, 0) is 6.42 Å². The van der Waals surface area contributed by atoms with Crippen LogP contribution in [-0.4, -0.2) is 17.8 Å². The first-order valence-corrected chi connectivity index (χ1v) is 5.69. The van der Waals surface area contributed by atoms with Crippen molar-refractivity contribution in [1.82, 2.24) is 0 Å². The van der Waals surface area contributed by atoms with Crippen molar-refractivity contribution in [2.45, 2.75) is 31.8 Å². The average molecular weight is 204 g/mol. The van der Waals surface area contributed by atoms with Gasteiger partial charge in [0.05, 0.1) is 12.7 Å². The molecule has 0 aromatic heterocycles. The van der Waals surface area contributed by atoms with E-state index in [1.54, 1.807) is 0 Å². The summed E-state index contributed by atoms with van der Waals surface area (Å²) < 4.78 is 5.48. The average Bonchev–Trinajstić information content (AvgIpc) is 2.89. The Morgan fingerprint density at radius 1 is 1.47 bits per heavy atom. The molecule has 2 aliphatic rings. The first kappa shape index (κ1) is 9.22. The van der Waals surface area contributed by atoms with Gasteiger partial charge in [-0.15, -0.1) is 0 Å². The third-order valence-electron chi connectivity index (χ3n) is 3.60. The normalized spacial score (nSPS) is 29.5. The Hall–Kier alpha value is -1.02. The second-order valence-corrected chi connectivity index (χ2v) is 4.71. The smallest absolute Gasteiger partial charge is 0.122 e. The third-order valence-corrected chi connectivity index (χ3v) is 3.60. The number of rotatable bonds is 2. The summed E-state index contributed by atoms with van der Waals surface area (Å²) in [6, 6.07) is 6.49. The van der Waals surface area contributed by atoms with E-state index in [4.69, 9.17) is 4.74 Å². The molecular weight excluding hydrogens is 188 g/mol. The Balaban J connectivity index is 1.83. The highest BCUT2D eigenvalue weighted by Crippen LogP contribution is 2.50. The molecule has 0 spiro atoms. The molecule has 2 nitrogen and oxygen atoms in total. The zero-order valence-corrected chi connectivity index (χ0v) is 8.94. The Bertz CT molecular complexity index is 384. The molecule has 3 rings (SSSR count). The molecule has 1 aromatic carbocycles. The molecule has 1 aromatic rings. The number of hydrogen-bond acceptors (Lipinski definition) is 2. The van der Waals surface area contributed by atoms with Gasteiger partial charge in [0.25, 0.3) is 0 Å². The summed E-state index contributed by atoms with van der Waals surface area (Å²) in [6.07, 6.45) is 2.01. The maximum absolute atomic E-state index is 9.49. The highest BCUT2D eigenvalue weighted by molar-refractivity contribution is 5.42. The van der Waals surface area contributed by atoms with Gasteiger partial charge in [0, 0.05) is 6.42 Å². The summed E-state index contributed by atoms with van der Waals surface area (Å²) in [6.45, 7) is 2.71. The van der Waals surface area contributed by atoms with E-state index in [0.29, 0.717) is 11.8 Å². The van der Waals surface area contributed by atoms with E-state index >= 15 is 0 Å². The second kappa shape index (κ2) is 3.24. The van der Waals surface area contributed by atoms with Crippen LogP contribution >= 0.6 is 0 Å². The fraction of sp³-hybridized carbons (Fsp3) is 0.538. The number of hydrogen-bond donors (Lipinski definition) is 1. The molecule has 0 bridgehead atoms.